The van der Waals surface area contributed by atoms with Gasteiger partial charge >= 0.3 is 0 Å². The third-order valence-corrected chi connectivity index (χ3v) is 4.51. The van der Waals surface area contributed by atoms with E-state index in [1.807, 2.05) is 12.4 Å². The summed E-state index contributed by atoms with van der Waals surface area (Å²) < 4.78 is 0. The van der Waals surface area contributed by atoms with Crippen LogP contribution < -0.4 is 5.73 Å². The Bertz CT molecular complexity index is 422. The maximum absolute atomic E-state index is 6.03. The van der Waals surface area contributed by atoms with Crippen LogP contribution in [0, 0.1) is 6.92 Å². The second-order valence-corrected chi connectivity index (χ2v) is 5.79. The molecular weight excluding hydrogens is 236 g/mol. The van der Waals surface area contributed by atoms with E-state index in [1.165, 1.54) is 37.1 Å². The Balaban J connectivity index is 1.68. The molecule has 2 fully saturated rings. The minimum Gasteiger partial charge on any atom is -0.329 e. The fourth-order valence-electron chi connectivity index (χ4n) is 3.15. The van der Waals surface area contributed by atoms with E-state index in [-0.39, 0.29) is 0 Å². The van der Waals surface area contributed by atoms with Crippen LogP contribution >= 0.6 is 0 Å². The number of nitrogens with two attached hydrogens (primary N) is 1. The molecule has 1 aliphatic carbocycles. The van der Waals surface area contributed by atoms with E-state index >= 15 is 0 Å². The summed E-state index contributed by atoms with van der Waals surface area (Å²) in [6.45, 7) is 7.48. The molecule has 19 heavy (non-hydrogen) atoms. The van der Waals surface area contributed by atoms with E-state index in [4.69, 9.17) is 5.73 Å². The van der Waals surface area contributed by atoms with Gasteiger partial charge in [0.05, 0.1) is 0 Å². The van der Waals surface area contributed by atoms with Gasteiger partial charge in [0.15, 0.2) is 0 Å². The van der Waals surface area contributed by atoms with Gasteiger partial charge < -0.3 is 5.73 Å². The van der Waals surface area contributed by atoms with Crippen molar-refractivity contribution >= 4 is 0 Å². The van der Waals surface area contributed by atoms with Crippen LogP contribution in [-0.2, 0) is 0 Å². The summed E-state index contributed by atoms with van der Waals surface area (Å²) in [6, 6.07) is 3.30. The van der Waals surface area contributed by atoms with Crippen LogP contribution in [0.4, 0.5) is 0 Å². The van der Waals surface area contributed by atoms with Gasteiger partial charge in [-0.05, 0) is 37.0 Å². The lowest BCUT2D eigenvalue weighted by atomic mass is 10.0. The topological polar surface area (TPSA) is 45.4 Å². The molecule has 2 heterocycles. The summed E-state index contributed by atoms with van der Waals surface area (Å²) >= 11 is 0. The van der Waals surface area contributed by atoms with Crippen molar-refractivity contribution in [1.29, 1.82) is 0 Å². The first-order chi connectivity index (χ1) is 9.29. The molecule has 4 heteroatoms. The lowest BCUT2D eigenvalue weighted by molar-refractivity contribution is 0.0935. The van der Waals surface area contributed by atoms with Crippen molar-refractivity contribution in [3.05, 3.63) is 29.6 Å². The SMILES string of the molecule is Cc1ccncc1C(CN)N1CCN(C2CC2)CC1. The third kappa shape index (κ3) is 2.81. The number of pyridine rings is 1. The molecule has 0 radical (unpaired) electrons. The summed E-state index contributed by atoms with van der Waals surface area (Å²) in [6.07, 6.45) is 6.65. The molecule has 1 atom stereocenters. The molecule has 1 saturated heterocycles. The Labute approximate surface area is 115 Å². The van der Waals surface area contributed by atoms with Crippen LogP contribution in [0.3, 0.4) is 0 Å². The fourth-order valence-corrected chi connectivity index (χ4v) is 3.15. The van der Waals surface area contributed by atoms with Crippen molar-refractivity contribution in [3.63, 3.8) is 0 Å². The molecule has 104 valence electrons. The Morgan fingerprint density at radius 1 is 1.32 bits per heavy atom. The lowest BCUT2D eigenvalue weighted by Gasteiger charge is -2.39. The molecule has 0 amide bonds. The maximum atomic E-state index is 6.03. The van der Waals surface area contributed by atoms with Crippen molar-refractivity contribution in [2.24, 2.45) is 5.73 Å². The molecule has 1 aromatic heterocycles. The second kappa shape index (κ2) is 5.57. The van der Waals surface area contributed by atoms with Crippen LogP contribution in [0.2, 0.25) is 0 Å². The predicted molar refractivity (Wildman–Crippen MR) is 76.9 cm³/mol. The van der Waals surface area contributed by atoms with E-state index in [2.05, 4.69) is 27.8 Å². The number of piperazine rings is 1. The number of nitrogens with zero attached hydrogens (tertiary/aromatic N) is 3. The first kappa shape index (κ1) is 13.0. The highest BCUT2D eigenvalue weighted by Crippen LogP contribution is 2.29. The third-order valence-electron chi connectivity index (χ3n) is 4.51. The van der Waals surface area contributed by atoms with Gasteiger partial charge in [-0.3, -0.25) is 14.8 Å². The number of rotatable bonds is 4. The summed E-state index contributed by atoms with van der Waals surface area (Å²) in [5, 5.41) is 0. The van der Waals surface area contributed by atoms with Crippen molar-refractivity contribution in [1.82, 2.24) is 14.8 Å². The molecule has 0 spiro atoms. The van der Waals surface area contributed by atoms with Crippen LogP contribution in [-0.4, -0.2) is 53.5 Å². The van der Waals surface area contributed by atoms with E-state index in [9.17, 15) is 0 Å². The molecule has 0 aromatic carbocycles. The summed E-state index contributed by atoms with van der Waals surface area (Å²) in [4.78, 5) is 9.44. The quantitative estimate of drug-likeness (QED) is 0.883. The van der Waals surface area contributed by atoms with E-state index < -0.39 is 0 Å². The van der Waals surface area contributed by atoms with Gasteiger partial charge in [-0.2, -0.15) is 0 Å². The average molecular weight is 260 g/mol. The number of aryl methyl sites for hydroxylation is 1. The molecule has 2 N–H and O–H groups in total. The Hall–Kier alpha value is -0.970. The zero-order valence-electron chi connectivity index (χ0n) is 11.8. The van der Waals surface area contributed by atoms with Gasteiger partial charge in [0.25, 0.3) is 0 Å². The summed E-state index contributed by atoms with van der Waals surface area (Å²) in [5.74, 6) is 0. The number of hydrogen-bond acceptors (Lipinski definition) is 4. The zero-order chi connectivity index (χ0) is 13.2. The molecule has 1 unspecified atom stereocenters. The monoisotopic (exact) mass is 260 g/mol. The largest absolute Gasteiger partial charge is 0.329 e. The molecule has 4 nitrogen and oxygen atoms in total. The van der Waals surface area contributed by atoms with Gasteiger partial charge in [0, 0.05) is 57.2 Å². The van der Waals surface area contributed by atoms with Crippen LogP contribution in [0.25, 0.3) is 0 Å². The highest BCUT2D eigenvalue weighted by molar-refractivity contribution is 5.25. The van der Waals surface area contributed by atoms with E-state index in [0.29, 0.717) is 12.6 Å². The highest BCUT2D eigenvalue weighted by Gasteiger charge is 2.33. The minimum atomic E-state index is 0.329. The van der Waals surface area contributed by atoms with E-state index in [0.717, 1.165) is 19.1 Å². The molecule has 1 aliphatic heterocycles. The predicted octanol–water partition coefficient (Wildman–Crippen LogP) is 1.17. The zero-order valence-corrected chi connectivity index (χ0v) is 11.8. The molecule has 2 aliphatic rings. The molecule has 1 saturated carbocycles. The fraction of sp³-hybridized carbons (Fsp3) is 0.667. The second-order valence-electron chi connectivity index (χ2n) is 5.79. The van der Waals surface area contributed by atoms with Gasteiger partial charge in [-0.25, -0.2) is 0 Å². The van der Waals surface area contributed by atoms with Crippen molar-refractivity contribution in [3.8, 4) is 0 Å². The molecule has 0 bridgehead atoms. The Morgan fingerprint density at radius 2 is 2.05 bits per heavy atom. The molecule has 1 aromatic rings. The summed E-state index contributed by atoms with van der Waals surface area (Å²) in [7, 11) is 0. The van der Waals surface area contributed by atoms with Gasteiger partial charge in [0.2, 0.25) is 0 Å². The first-order valence-electron chi connectivity index (χ1n) is 7.38. The minimum absolute atomic E-state index is 0.329. The van der Waals surface area contributed by atoms with Crippen LogP contribution in [0.5, 0.6) is 0 Å². The van der Waals surface area contributed by atoms with Crippen LogP contribution in [0.15, 0.2) is 18.5 Å². The maximum Gasteiger partial charge on any atom is 0.0489 e. The average Bonchev–Trinajstić information content (AvgIpc) is 3.27. The highest BCUT2D eigenvalue weighted by atomic mass is 15.3. The normalized spacial score (nSPS) is 23.5. The van der Waals surface area contributed by atoms with E-state index in [1.54, 1.807) is 0 Å². The van der Waals surface area contributed by atoms with Crippen molar-refractivity contribution in [2.75, 3.05) is 32.7 Å². The first-order valence-corrected chi connectivity index (χ1v) is 7.38. The van der Waals surface area contributed by atoms with Gasteiger partial charge in [-0.15, -0.1) is 0 Å². The molecule has 3 rings (SSSR count). The standard InChI is InChI=1S/C15H24N4/c1-12-4-5-17-11-14(12)15(10-16)19-8-6-18(7-9-19)13-2-3-13/h4-5,11,13,15H,2-3,6-10,16H2,1H3. The summed E-state index contributed by atoms with van der Waals surface area (Å²) in [5.41, 5.74) is 8.63. The lowest BCUT2D eigenvalue weighted by Crippen LogP contribution is -2.49. The van der Waals surface area contributed by atoms with Crippen molar-refractivity contribution in [2.45, 2.75) is 31.8 Å². The van der Waals surface area contributed by atoms with Crippen molar-refractivity contribution < 1.29 is 0 Å². The van der Waals surface area contributed by atoms with Gasteiger partial charge in [-0.1, -0.05) is 0 Å². The Kier molecular flexibility index (Phi) is 3.82. The number of hydrogen-bond donors (Lipinski definition) is 1. The van der Waals surface area contributed by atoms with Crippen LogP contribution in [0.1, 0.15) is 30.0 Å². The smallest absolute Gasteiger partial charge is 0.0489 e. The molecular formula is C15H24N4. The Morgan fingerprint density at radius 3 is 2.63 bits per heavy atom. The van der Waals surface area contributed by atoms with Gasteiger partial charge in [0.1, 0.15) is 0 Å². The number of aromatic nitrogens is 1.